The first-order valence-corrected chi connectivity index (χ1v) is 12.5. The van der Waals surface area contributed by atoms with E-state index >= 15 is 0 Å². The summed E-state index contributed by atoms with van der Waals surface area (Å²) in [6.45, 7) is 6.91. The number of halogens is 2. The Bertz CT molecular complexity index is 1160. The number of para-hydroxylation sites is 1. The normalized spacial score (nSPS) is 11.0. The average Bonchev–Trinajstić information content (AvgIpc) is 2.82. The minimum Gasteiger partial charge on any atom is -0.457 e. The molecule has 0 aromatic heterocycles. The molecule has 0 radical (unpaired) electrons. The van der Waals surface area contributed by atoms with E-state index in [1.165, 1.54) is 0 Å². The van der Waals surface area contributed by atoms with Gasteiger partial charge in [-0.15, -0.1) is 0 Å². The highest BCUT2D eigenvalue weighted by Crippen LogP contribution is 2.27. The highest BCUT2D eigenvalue weighted by Gasteiger charge is 2.18. The molecule has 0 aliphatic heterocycles. The van der Waals surface area contributed by atoms with Crippen molar-refractivity contribution in [1.29, 1.82) is 0 Å². The topological polar surface area (TPSA) is 70.7 Å². The molecule has 0 aliphatic carbocycles. The van der Waals surface area contributed by atoms with E-state index in [-0.39, 0.29) is 17.4 Å². The maximum Gasteiger partial charge on any atom is 0.326 e. The lowest BCUT2D eigenvalue weighted by atomic mass is 9.92. The molecule has 0 bridgehead atoms. The number of anilines is 2. The van der Waals surface area contributed by atoms with Gasteiger partial charge >= 0.3 is 6.03 Å². The van der Waals surface area contributed by atoms with E-state index in [9.17, 15) is 9.59 Å². The van der Waals surface area contributed by atoms with Gasteiger partial charge in [-0.3, -0.25) is 9.69 Å². The van der Waals surface area contributed by atoms with Crippen LogP contribution in [0.4, 0.5) is 16.2 Å². The zero-order valence-electron chi connectivity index (χ0n) is 20.7. The fourth-order valence-corrected chi connectivity index (χ4v) is 3.74. The van der Waals surface area contributed by atoms with Crippen LogP contribution >= 0.6 is 23.2 Å². The molecule has 190 valence electrons. The molecule has 0 atom stereocenters. The van der Waals surface area contributed by atoms with Crippen LogP contribution in [0.5, 0.6) is 11.5 Å². The summed E-state index contributed by atoms with van der Waals surface area (Å²) in [4.78, 5) is 27.0. The Hall–Kier alpha value is -3.22. The Morgan fingerprint density at radius 3 is 2.19 bits per heavy atom. The first-order chi connectivity index (χ1) is 17.1. The van der Waals surface area contributed by atoms with E-state index in [4.69, 9.17) is 27.9 Å². The lowest BCUT2D eigenvalue weighted by Crippen LogP contribution is -2.37. The zero-order chi connectivity index (χ0) is 26.1. The number of urea groups is 1. The number of hydrogen-bond acceptors (Lipinski definition) is 3. The van der Waals surface area contributed by atoms with Gasteiger partial charge in [-0.1, -0.05) is 62.2 Å². The molecule has 8 heteroatoms. The summed E-state index contributed by atoms with van der Waals surface area (Å²) < 4.78 is 5.86. The average molecular weight is 528 g/mol. The Morgan fingerprint density at radius 1 is 0.889 bits per heavy atom. The molecule has 2 N–H and O–H groups in total. The maximum atomic E-state index is 13.2. The molecule has 0 fully saturated rings. The van der Waals surface area contributed by atoms with Gasteiger partial charge in [-0.2, -0.15) is 0 Å². The van der Waals surface area contributed by atoms with Gasteiger partial charge in [0.25, 0.3) is 0 Å². The summed E-state index contributed by atoms with van der Waals surface area (Å²) in [5.74, 6) is 1.38. The number of benzene rings is 3. The van der Waals surface area contributed by atoms with Crippen molar-refractivity contribution in [2.24, 2.45) is 5.41 Å². The SMILES string of the molecule is CC(C)(C)CC(=O)NCCCN(C(=O)Nc1ccc(Cl)c(Cl)c1)c1ccc(Oc2ccccc2)cc1. The van der Waals surface area contributed by atoms with E-state index in [1.54, 1.807) is 23.1 Å². The molecule has 3 aromatic carbocycles. The lowest BCUT2D eigenvalue weighted by molar-refractivity contribution is -0.122. The minimum absolute atomic E-state index is 0.00304. The molecule has 3 amide bonds. The van der Waals surface area contributed by atoms with Crippen LogP contribution < -0.4 is 20.3 Å². The third-order valence-electron chi connectivity index (χ3n) is 5.11. The van der Waals surface area contributed by atoms with Gasteiger partial charge in [0.2, 0.25) is 5.91 Å². The Balaban J connectivity index is 1.69. The summed E-state index contributed by atoms with van der Waals surface area (Å²) in [6, 6.07) is 21.3. The summed E-state index contributed by atoms with van der Waals surface area (Å²) in [7, 11) is 0. The second-order valence-corrected chi connectivity index (χ2v) is 10.4. The smallest absolute Gasteiger partial charge is 0.326 e. The fraction of sp³-hybridized carbons (Fsp3) is 0.286. The van der Waals surface area contributed by atoms with Crippen molar-refractivity contribution in [1.82, 2.24) is 5.32 Å². The quantitative estimate of drug-likeness (QED) is 0.279. The van der Waals surface area contributed by atoms with Crippen LogP contribution in [-0.4, -0.2) is 25.0 Å². The van der Waals surface area contributed by atoms with Crippen LogP contribution in [0.15, 0.2) is 72.8 Å². The third-order valence-corrected chi connectivity index (χ3v) is 5.85. The van der Waals surface area contributed by atoms with E-state index in [0.29, 0.717) is 53.1 Å². The molecule has 0 heterocycles. The number of carbonyl (C=O) groups is 2. The van der Waals surface area contributed by atoms with Crippen molar-refractivity contribution >= 4 is 46.5 Å². The van der Waals surface area contributed by atoms with E-state index in [0.717, 1.165) is 5.75 Å². The molecule has 6 nitrogen and oxygen atoms in total. The van der Waals surface area contributed by atoms with Crippen molar-refractivity contribution in [3.05, 3.63) is 82.8 Å². The Labute approximate surface area is 222 Å². The molecule has 0 spiro atoms. The monoisotopic (exact) mass is 527 g/mol. The van der Waals surface area contributed by atoms with E-state index in [1.807, 2.05) is 75.4 Å². The first-order valence-electron chi connectivity index (χ1n) is 11.7. The number of carbonyl (C=O) groups excluding carboxylic acids is 2. The van der Waals surface area contributed by atoms with Gasteiger partial charge < -0.3 is 15.4 Å². The molecule has 0 aliphatic rings. The predicted molar refractivity (Wildman–Crippen MR) is 147 cm³/mol. The van der Waals surface area contributed by atoms with Crippen LogP contribution in [0, 0.1) is 5.41 Å². The van der Waals surface area contributed by atoms with Crippen LogP contribution in [0.2, 0.25) is 10.0 Å². The molecule has 36 heavy (non-hydrogen) atoms. The van der Waals surface area contributed by atoms with Gasteiger partial charge in [0.1, 0.15) is 11.5 Å². The van der Waals surface area contributed by atoms with Gasteiger partial charge in [0.15, 0.2) is 0 Å². The van der Waals surface area contributed by atoms with Gasteiger partial charge in [0, 0.05) is 30.9 Å². The zero-order valence-corrected chi connectivity index (χ0v) is 22.2. The molecule has 0 unspecified atom stereocenters. The molecular weight excluding hydrogens is 497 g/mol. The number of nitrogens with zero attached hydrogens (tertiary/aromatic N) is 1. The molecule has 0 saturated heterocycles. The molecule has 0 saturated carbocycles. The van der Waals surface area contributed by atoms with E-state index in [2.05, 4.69) is 10.6 Å². The fourth-order valence-electron chi connectivity index (χ4n) is 3.44. The van der Waals surface area contributed by atoms with Crippen LogP contribution in [0.25, 0.3) is 0 Å². The third kappa shape index (κ3) is 8.77. The number of nitrogens with one attached hydrogen (secondary N) is 2. The highest BCUT2D eigenvalue weighted by molar-refractivity contribution is 6.42. The van der Waals surface area contributed by atoms with Crippen LogP contribution in [-0.2, 0) is 4.79 Å². The number of rotatable bonds is 9. The van der Waals surface area contributed by atoms with Crippen molar-refractivity contribution in [2.45, 2.75) is 33.6 Å². The number of hydrogen-bond donors (Lipinski definition) is 2. The van der Waals surface area contributed by atoms with E-state index < -0.39 is 0 Å². The number of amides is 3. The highest BCUT2D eigenvalue weighted by atomic mass is 35.5. The number of ether oxygens (including phenoxy) is 1. The second kappa shape index (κ2) is 12.7. The van der Waals surface area contributed by atoms with Gasteiger partial charge in [0.05, 0.1) is 10.0 Å². The van der Waals surface area contributed by atoms with Crippen LogP contribution in [0.1, 0.15) is 33.6 Å². The maximum absolute atomic E-state index is 13.2. The first kappa shape index (κ1) is 27.4. The predicted octanol–water partition coefficient (Wildman–Crippen LogP) is 7.77. The Kier molecular flexibility index (Phi) is 9.62. The van der Waals surface area contributed by atoms with Crippen molar-refractivity contribution in [2.75, 3.05) is 23.3 Å². The molecular formula is C28H31Cl2N3O3. The Morgan fingerprint density at radius 2 is 1.56 bits per heavy atom. The minimum atomic E-state index is -0.328. The molecule has 3 aromatic rings. The largest absolute Gasteiger partial charge is 0.457 e. The summed E-state index contributed by atoms with van der Waals surface area (Å²) >= 11 is 12.1. The summed E-state index contributed by atoms with van der Waals surface area (Å²) in [6.07, 6.45) is 1.02. The van der Waals surface area contributed by atoms with Crippen LogP contribution in [0.3, 0.4) is 0 Å². The summed E-state index contributed by atoms with van der Waals surface area (Å²) in [5, 5.41) is 6.57. The standard InChI is InChI=1S/C28H31Cl2N3O3/c1-28(2,3)19-26(34)31-16-7-17-33(27(35)32-20-10-15-24(29)25(30)18-20)21-11-13-23(14-12-21)36-22-8-5-4-6-9-22/h4-6,8-15,18H,7,16-17,19H2,1-3H3,(H,31,34)(H,32,35). The van der Waals surface area contributed by atoms with Crippen molar-refractivity contribution in [3.63, 3.8) is 0 Å². The van der Waals surface area contributed by atoms with Crippen molar-refractivity contribution < 1.29 is 14.3 Å². The summed E-state index contributed by atoms with van der Waals surface area (Å²) in [5.41, 5.74) is 1.13. The molecule has 3 rings (SSSR count). The second-order valence-electron chi connectivity index (χ2n) is 9.56. The van der Waals surface area contributed by atoms with Gasteiger partial charge in [-0.25, -0.2) is 4.79 Å². The van der Waals surface area contributed by atoms with Gasteiger partial charge in [-0.05, 0) is 66.4 Å². The van der Waals surface area contributed by atoms with Crippen molar-refractivity contribution in [3.8, 4) is 11.5 Å². The lowest BCUT2D eigenvalue weighted by Gasteiger charge is -2.24.